The smallest absolute Gasteiger partial charge is 0.170 e. The van der Waals surface area contributed by atoms with E-state index in [-0.39, 0.29) is 0 Å². The van der Waals surface area contributed by atoms with Gasteiger partial charge < -0.3 is 4.74 Å². The number of hydrogen-bond donors (Lipinski definition) is 0. The summed E-state index contributed by atoms with van der Waals surface area (Å²) in [5.74, 6) is 2.36. The van der Waals surface area contributed by atoms with Crippen molar-refractivity contribution in [1.82, 2.24) is 25.1 Å². The van der Waals surface area contributed by atoms with Gasteiger partial charge in [0.05, 0.1) is 24.4 Å². The maximum Gasteiger partial charge on any atom is 0.170 e. The number of fused-ring (bicyclic) bond motifs is 5. The van der Waals surface area contributed by atoms with Crippen LogP contribution >= 0.6 is 0 Å². The minimum atomic E-state index is 0.505. The minimum absolute atomic E-state index is 0.505. The SMILES string of the molecule is c1ccc(-n2nnnc2CN2CC3C4CCC(O4)C3C2)cc1. The Morgan fingerprint density at radius 3 is 2.50 bits per heavy atom. The predicted molar refractivity (Wildman–Crippen MR) is 79.3 cm³/mol. The summed E-state index contributed by atoms with van der Waals surface area (Å²) in [6.45, 7) is 3.05. The third kappa shape index (κ3) is 1.90. The molecule has 3 aliphatic rings. The maximum absolute atomic E-state index is 6.04. The molecule has 0 amide bonds. The molecule has 4 unspecified atom stereocenters. The monoisotopic (exact) mass is 297 g/mol. The van der Waals surface area contributed by atoms with Gasteiger partial charge in [-0.2, -0.15) is 4.68 Å². The second-order valence-corrected chi connectivity index (χ2v) is 6.65. The minimum Gasteiger partial charge on any atom is -0.374 e. The molecule has 22 heavy (non-hydrogen) atoms. The number of likely N-dealkylation sites (tertiary alicyclic amines) is 1. The summed E-state index contributed by atoms with van der Waals surface area (Å²) in [5, 5.41) is 12.2. The lowest BCUT2D eigenvalue weighted by molar-refractivity contribution is 0.0693. The fourth-order valence-electron chi connectivity index (χ4n) is 4.45. The Labute approximate surface area is 129 Å². The van der Waals surface area contributed by atoms with E-state index >= 15 is 0 Å². The van der Waals surface area contributed by atoms with Crippen LogP contribution in [0.25, 0.3) is 5.69 Å². The van der Waals surface area contributed by atoms with Gasteiger partial charge in [-0.1, -0.05) is 18.2 Å². The average Bonchev–Trinajstić information content (AvgIpc) is 3.30. The summed E-state index contributed by atoms with van der Waals surface area (Å²) >= 11 is 0. The fraction of sp³-hybridized carbons (Fsp3) is 0.562. The highest BCUT2D eigenvalue weighted by atomic mass is 16.5. The van der Waals surface area contributed by atoms with Crippen molar-refractivity contribution in [3.05, 3.63) is 36.2 Å². The van der Waals surface area contributed by atoms with Crippen LogP contribution in [0.4, 0.5) is 0 Å². The van der Waals surface area contributed by atoms with Gasteiger partial charge in [-0.3, -0.25) is 4.90 Å². The highest BCUT2D eigenvalue weighted by molar-refractivity contribution is 5.30. The Hall–Kier alpha value is -1.79. The lowest BCUT2D eigenvalue weighted by Gasteiger charge is -2.18. The van der Waals surface area contributed by atoms with Gasteiger partial charge in [0.1, 0.15) is 0 Å². The van der Waals surface area contributed by atoms with E-state index in [1.807, 2.05) is 35.0 Å². The first-order valence-corrected chi connectivity index (χ1v) is 8.09. The van der Waals surface area contributed by atoms with Gasteiger partial charge in [-0.25, -0.2) is 0 Å². The van der Waals surface area contributed by atoms with Gasteiger partial charge in [0.2, 0.25) is 0 Å². The van der Waals surface area contributed by atoms with Crippen LogP contribution in [0.2, 0.25) is 0 Å². The molecule has 0 N–H and O–H groups in total. The summed E-state index contributed by atoms with van der Waals surface area (Å²) in [4.78, 5) is 2.49. The summed E-state index contributed by atoms with van der Waals surface area (Å²) in [6, 6.07) is 10.1. The third-order valence-corrected chi connectivity index (χ3v) is 5.43. The molecule has 2 aromatic rings. The molecule has 3 fully saturated rings. The Morgan fingerprint density at radius 2 is 1.77 bits per heavy atom. The van der Waals surface area contributed by atoms with Gasteiger partial charge in [0.25, 0.3) is 0 Å². The van der Waals surface area contributed by atoms with Crippen LogP contribution in [0.1, 0.15) is 18.7 Å². The summed E-state index contributed by atoms with van der Waals surface area (Å²) < 4.78 is 7.89. The second-order valence-electron chi connectivity index (χ2n) is 6.65. The molecule has 3 aliphatic heterocycles. The number of nitrogens with zero attached hydrogens (tertiary/aromatic N) is 5. The average molecular weight is 297 g/mol. The number of benzene rings is 1. The van der Waals surface area contributed by atoms with Crippen molar-refractivity contribution in [2.24, 2.45) is 11.8 Å². The maximum atomic E-state index is 6.04. The standard InChI is InChI=1S/C16H19N5O/c1-2-4-11(5-3-1)21-16(17-18-19-21)10-20-8-12-13(9-20)15-7-6-14(12)22-15/h1-5,12-15H,6-10H2. The van der Waals surface area contributed by atoms with E-state index in [4.69, 9.17) is 4.74 Å². The summed E-state index contributed by atoms with van der Waals surface area (Å²) in [6.07, 6.45) is 3.51. The quantitative estimate of drug-likeness (QED) is 0.854. The largest absolute Gasteiger partial charge is 0.374 e. The van der Waals surface area contributed by atoms with E-state index in [1.54, 1.807) is 0 Å². The molecule has 1 aromatic heterocycles. The van der Waals surface area contributed by atoms with E-state index in [2.05, 4.69) is 20.4 Å². The van der Waals surface area contributed by atoms with Gasteiger partial charge in [-0.15, -0.1) is 5.10 Å². The van der Waals surface area contributed by atoms with Crippen molar-refractivity contribution in [3.8, 4) is 5.69 Å². The van der Waals surface area contributed by atoms with Gasteiger partial charge in [0, 0.05) is 24.9 Å². The molecular formula is C16H19N5O. The van der Waals surface area contributed by atoms with Crippen LogP contribution in [-0.2, 0) is 11.3 Å². The molecule has 2 bridgehead atoms. The number of para-hydroxylation sites is 1. The normalized spacial score (nSPS) is 33.5. The van der Waals surface area contributed by atoms with E-state index < -0.39 is 0 Å². The number of rotatable bonds is 3. The van der Waals surface area contributed by atoms with E-state index in [1.165, 1.54) is 12.8 Å². The van der Waals surface area contributed by atoms with Crippen LogP contribution in [0.15, 0.2) is 30.3 Å². The molecule has 6 nitrogen and oxygen atoms in total. The topological polar surface area (TPSA) is 56.1 Å². The summed E-state index contributed by atoms with van der Waals surface area (Å²) in [7, 11) is 0. The highest BCUT2D eigenvalue weighted by Crippen LogP contribution is 2.47. The summed E-state index contributed by atoms with van der Waals surface area (Å²) in [5.41, 5.74) is 1.02. The van der Waals surface area contributed by atoms with Crippen LogP contribution in [0.5, 0.6) is 0 Å². The Morgan fingerprint density at radius 1 is 1.05 bits per heavy atom. The van der Waals surface area contributed by atoms with Gasteiger partial charge in [-0.05, 0) is 35.4 Å². The molecule has 4 heterocycles. The van der Waals surface area contributed by atoms with Crippen LogP contribution in [0, 0.1) is 11.8 Å². The predicted octanol–water partition coefficient (Wildman–Crippen LogP) is 1.27. The molecule has 1 aromatic carbocycles. The lowest BCUT2D eigenvalue weighted by atomic mass is 9.82. The number of ether oxygens (including phenoxy) is 1. The molecule has 0 spiro atoms. The van der Waals surface area contributed by atoms with Gasteiger partial charge in [0.15, 0.2) is 5.82 Å². The third-order valence-electron chi connectivity index (χ3n) is 5.43. The number of tetrazole rings is 1. The fourth-order valence-corrected chi connectivity index (χ4v) is 4.45. The van der Waals surface area contributed by atoms with Crippen LogP contribution < -0.4 is 0 Å². The lowest BCUT2D eigenvalue weighted by Crippen LogP contribution is -2.26. The molecule has 114 valence electrons. The Kier molecular flexibility index (Phi) is 2.81. The molecule has 0 saturated carbocycles. The number of aromatic nitrogens is 4. The van der Waals surface area contributed by atoms with Crippen molar-refractivity contribution in [2.75, 3.05) is 13.1 Å². The van der Waals surface area contributed by atoms with Crippen molar-refractivity contribution in [2.45, 2.75) is 31.6 Å². The molecular weight excluding hydrogens is 278 g/mol. The molecule has 0 radical (unpaired) electrons. The van der Waals surface area contributed by atoms with E-state index in [0.717, 1.165) is 43.0 Å². The van der Waals surface area contributed by atoms with Crippen molar-refractivity contribution < 1.29 is 4.74 Å². The first kappa shape index (κ1) is 12.7. The zero-order valence-electron chi connectivity index (χ0n) is 12.4. The van der Waals surface area contributed by atoms with Crippen LogP contribution in [0.3, 0.4) is 0 Å². The molecule has 5 rings (SSSR count). The number of hydrogen-bond acceptors (Lipinski definition) is 5. The zero-order chi connectivity index (χ0) is 14.5. The van der Waals surface area contributed by atoms with E-state index in [9.17, 15) is 0 Å². The van der Waals surface area contributed by atoms with Gasteiger partial charge >= 0.3 is 0 Å². The van der Waals surface area contributed by atoms with E-state index in [0.29, 0.717) is 12.2 Å². The molecule has 3 saturated heterocycles. The first-order valence-electron chi connectivity index (χ1n) is 8.09. The second kappa shape index (κ2) is 4.86. The highest BCUT2D eigenvalue weighted by Gasteiger charge is 2.52. The molecule has 6 heteroatoms. The zero-order valence-corrected chi connectivity index (χ0v) is 12.4. The van der Waals surface area contributed by atoms with Crippen molar-refractivity contribution in [3.63, 3.8) is 0 Å². The molecule has 0 aliphatic carbocycles. The Bertz CT molecular complexity index is 654. The first-order chi connectivity index (χ1) is 10.9. The Balaban J connectivity index is 1.35. The molecule has 4 atom stereocenters. The van der Waals surface area contributed by atoms with Crippen molar-refractivity contribution in [1.29, 1.82) is 0 Å². The van der Waals surface area contributed by atoms with Crippen molar-refractivity contribution >= 4 is 0 Å². The van der Waals surface area contributed by atoms with Crippen LogP contribution in [-0.4, -0.2) is 50.4 Å².